The second-order valence-corrected chi connectivity index (χ2v) is 11.5. The van der Waals surface area contributed by atoms with Crippen LogP contribution in [-0.2, 0) is 17.6 Å². The van der Waals surface area contributed by atoms with Crippen molar-refractivity contribution in [1.82, 2.24) is 0 Å². The third kappa shape index (κ3) is 4.91. The van der Waals surface area contributed by atoms with Crippen molar-refractivity contribution >= 4 is 11.6 Å². The zero-order valence-electron chi connectivity index (χ0n) is 23.0. The van der Waals surface area contributed by atoms with Crippen LogP contribution in [0.2, 0.25) is 0 Å². The van der Waals surface area contributed by atoms with Crippen molar-refractivity contribution in [2.45, 2.75) is 81.3 Å². The van der Waals surface area contributed by atoms with Crippen molar-refractivity contribution in [2.24, 2.45) is 0 Å². The Balaban J connectivity index is 1.39. The van der Waals surface area contributed by atoms with Crippen molar-refractivity contribution in [3.05, 3.63) is 94.0 Å². The van der Waals surface area contributed by atoms with E-state index in [0.717, 1.165) is 12.0 Å². The average Bonchev–Trinajstić information content (AvgIpc) is 3.00. The van der Waals surface area contributed by atoms with Crippen LogP contribution in [0.4, 0.5) is 0 Å². The van der Waals surface area contributed by atoms with Gasteiger partial charge in [0.25, 0.3) is 0 Å². The molecule has 2 aliphatic carbocycles. The molecule has 6 rings (SSSR count). The molecule has 220 valence electrons. The first-order valence-corrected chi connectivity index (χ1v) is 14.4. The zero-order chi connectivity index (χ0) is 29.6. The number of aliphatic hydroxyl groups is 4. The van der Waals surface area contributed by atoms with E-state index in [1.807, 2.05) is 30.3 Å². The van der Waals surface area contributed by atoms with E-state index in [2.05, 4.69) is 0 Å². The Morgan fingerprint density at radius 3 is 2.07 bits per heavy atom. The first kappa shape index (κ1) is 28.5. The maximum Gasteiger partial charge on any atom is 0.229 e. The van der Waals surface area contributed by atoms with Crippen molar-refractivity contribution in [2.75, 3.05) is 0 Å². The number of aryl methyl sites for hydroxylation is 2. The van der Waals surface area contributed by atoms with Gasteiger partial charge in [0.15, 0.2) is 23.1 Å². The Hall–Kier alpha value is -3.60. The SMILES string of the molecule is O=C1c2ccccc2C(=O)c2c(O)c(O[C@@H]3O[C@@H](C4(O)CCCCC4)[C@H](O)[C@@H](O)[C@@H]3O)cc(CCc3ccccc3)c21. The van der Waals surface area contributed by atoms with E-state index in [-0.39, 0.29) is 28.0 Å². The molecule has 42 heavy (non-hydrogen) atoms. The number of aromatic hydroxyl groups is 1. The number of ketones is 2. The molecule has 3 aromatic carbocycles. The number of ether oxygens (including phenoxy) is 2. The highest BCUT2D eigenvalue weighted by Gasteiger charge is 2.53. The van der Waals surface area contributed by atoms with E-state index in [1.165, 1.54) is 12.1 Å². The molecule has 5 N–H and O–H groups in total. The number of phenolic OH excluding ortho intramolecular Hbond substituents is 1. The molecule has 0 unspecified atom stereocenters. The maximum atomic E-state index is 13.7. The summed E-state index contributed by atoms with van der Waals surface area (Å²) in [4.78, 5) is 27.3. The largest absolute Gasteiger partial charge is 0.504 e. The van der Waals surface area contributed by atoms with Gasteiger partial charge in [0.05, 0.1) is 11.2 Å². The van der Waals surface area contributed by atoms with E-state index in [1.54, 1.807) is 18.2 Å². The predicted octanol–water partition coefficient (Wildman–Crippen LogP) is 2.83. The topological polar surface area (TPSA) is 154 Å². The minimum atomic E-state index is -1.73. The second-order valence-electron chi connectivity index (χ2n) is 11.5. The molecule has 1 saturated heterocycles. The van der Waals surface area contributed by atoms with Crippen molar-refractivity contribution in [3.63, 3.8) is 0 Å². The maximum absolute atomic E-state index is 13.7. The van der Waals surface area contributed by atoms with Crippen molar-refractivity contribution < 1.29 is 44.6 Å². The van der Waals surface area contributed by atoms with Gasteiger partial charge >= 0.3 is 0 Å². The monoisotopic (exact) mass is 574 g/mol. The Morgan fingerprint density at radius 2 is 1.40 bits per heavy atom. The fourth-order valence-corrected chi connectivity index (χ4v) is 6.50. The number of hydrogen-bond acceptors (Lipinski definition) is 9. The van der Waals surface area contributed by atoms with Crippen LogP contribution < -0.4 is 4.74 Å². The van der Waals surface area contributed by atoms with Gasteiger partial charge < -0.3 is 35.0 Å². The Morgan fingerprint density at radius 1 is 0.786 bits per heavy atom. The lowest BCUT2D eigenvalue weighted by Gasteiger charge is -2.48. The van der Waals surface area contributed by atoms with E-state index in [9.17, 15) is 35.1 Å². The molecule has 0 bridgehead atoms. The van der Waals surface area contributed by atoms with Crippen LogP contribution in [0.25, 0.3) is 0 Å². The molecule has 9 nitrogen and oxygen atoms in total. The molecule has 0 spiro atoms. The lowest BCUT2D eigenvalue weighted by Crippen LogP contribution is -2.65. The quantitative estimate of drug-likeness (QED) is 0.234. The van der Waals surface area contributed by atoms with E-state index in [0.29, 0.717) is 44.1 Å². The van der Waals surface area contributed by atoms with E-state index >= 15 is 0 Å². The number of fused-ring (bicyclic) bond motifs is 2. The summed E-state index contributed by atoms with van der Waals surface area (Å²) in [6.07, 6.45) is -3.97. The highest BCUT2D eigenvalue weighted by molar-refractivity contribution is 6.30. The molecule has 2 fully saturated rings. The minimum absolute atomic E-state index is 0.0921. The van der Waals surface area contributed by atoms with Gasteiger partial charge in [-0.2, -0.15) is 0 Å². The molecule has 9 heteroatoms. The molecule has 0 amide bonds. The highest BCUT2D eigenvalue weighted by Crippen LogP contribution is 2.43. The van der Waals surface area contributed by atoms with Gasteiger partial charge in [-0.15, -0.1) is 0 Å². The predicted molar refractivity (Wildman–Crippen MR) is 151 cm³/mol. The summed E-state index contributed by atoms with van der Waals surface area (Å²) >= 11 is 0. The van der Waals surface area contributed by atoms with Gasteiger partial charge in [0.1, 0.15) is 24.4 Å². The average molecular weight is 575 g/mol. The molecule has 1 aliphatic heterocycles. The normalized spacial score (nSPS) is 26.8. The summed E-state index contributed by atoms with van der Waals surface area (Å²) in [5, 5.41) is 54.9. The molecule has 3 aromatic rings. The van der Waals surface area contributed by atoms with Crippen LogP contribution in [0.5, 0.6) is 11.5 Å². The first-order chi connectivity index (χ1) is 20.2. The van der Waals surface area contributed by atoms with Crippen molar-refractivity contribution in [3.8, 4) is 11.5 Å². The zero-order valence-corrected chi connectivity index (χ0v) is 23.0. The third-order valence-corrected chi connectivity index (χ3v) is 8.80. The third-order valence-electron chi connectivity index (χ3n) is 8.80. The highest BCUT2D eigenvalue weighted by atomic mass is 16.7. The lowest BCUT2D eigenvalue weighted by molar-refractivity contribution is -0.308. The van der Waals surface area contributed by atoms with Crippen LogP contribution >= 0.6 is 0 Å². The molecule has 1 saturated carbocycles. The van der Waals surface area contributed by atoms with Gasteiger partial charge in [0, 0.05) is 16.7 Å². The van der Waals surface area contributed by atoms with E-state index < -0.39 is 53.6 Å². The van der Waals surface area contributed by atoms with Gasteiger partial charge in [0.2, 0.25) is 6.29 Å². The van der Waals surface area contributed by atoms with Gasteiger partial charge in [-0.05, 0) is 42.9 Å². The summed E-state index contributed by atoms with van der Waals surface area (Å²) in [6.45, 7) is 0. The number of aliphatic hydroxyl groups excluding tert-OH is 3. The molecule has 5 atom stereocenters. The second kappa shape index (κ2) is 11.2. The molecule has 3 aliphatic rings. The van der Waals surface area contributed by atoms with Crippen molar-refractivity contribution in [1.29, 1.82) is 0 Å². The molecular weight excluding hydrogens is 540 g/mol. The number of benzene rings is 3. The molecule has 0 aromatic heterocycles. The van der Waals surface area contributed by atoms with Crippen LogP contribution in [0.3, 0.4) is 0 Å². The summed E-state index contributed by atoms with van der Waals surface area (Å²) in [7, 11) is 0. The Bertz CT molecular complexity index is 1490. The van der Waals surface area contributed by atoms with Crippen LogP contribution in [0.1, 0.15) is 75.1 Å². The fourth-order valence-electron chi connectivity index (χ4n) is 6.50. The molecule has 1 heterocycles. The van der Waals surface area contributed by atoms with Crippen LogP contribution in [-0.4, -0.2) is 73.4 Å². The van der Waals surface area contributed by atoms with Gasteiger partial charge in [-0.1, -0.05) is 73.9 Å². The number of carbonyl (C=O) groups is 2. The Kier molecular flexibility index (Phi) is 7.63. The summed E-state index contributed by atoms with van der Waals surface area (Å²) < 4.78 is 11.9. The smallest absolute Gasteiger partial charge is 0.229 e. The molecule has 0 radical (unpaired) electrons. The number of phenols is 1. The first-order valence-electron chi connectivity index (χ1n) is 14.4. The summed E-state index contributed by atoms with van der Waals surface area (Å²) in [5.41, 5.74) is 0.318. The fraction of sp³-hybridized carbons (Fsp3) is 0.394. The number of rotatable bonds is 6. The van der Waals surface area contributed by atoms with Crippen LogP contribution in [0.15, 0.2) is 60.7 Å². The minimum Gasteiger partial charge on any atom is -0.504 e. The number of carbonyl (C=O) groups excluding carboxylic acids is 2. The molecular formula is C33H34O9. The van der Waals surface area contributed by atoms with E-state index in [4.69, 9.17) is 9.47 Å². The Labute approximate surface area is 243 Å². The lowest BCUT2D eigenvalue weighted by atomic mass is 9.76. The van der Waals surface area contributed by atoms with Gasteiger partial charge in [-0.3, -0.25) is 9.59 Å². The summed E-state index contributed by atoms with van der Waals surface area (Å²) in [5.74, 6) is -1.75. The van der Waals surface area contributed by atoms with Gasteiger partial charge in [-0.25, -0.2) is 0 Å². The number of hydrogen-bond donors (Lipinski definition) is 5. The standard InChI is InChI=1S/C33H34O9/c34-25-20-11-5-6-12-21(20)26(35)24-23(25)19(14-13-18-9-3-1-4-10-18)17-22(27(24)36)41-32-30(39)28(37)29(38)31(42-32)33(40)15-7-2-8-16-33/h1,3-6,9-12,17,28-32,36-40H,2,7-8,13-16H2/t28-,29-,30+,31-,32-/m1/s1. The summed E-state index contributed by atoms with van der Waals surface area (Å²) in [6, 6.07) is 17.5. The van der Waals surface area contributed by atoms with Crippen LogP contribution in [0, 0.1) is 0 Å².